The van der Waals surface area contributed by atoms with Crippen molar-refractivity contribution in [3.8, 4) is 0 Å². The molecule has 0 bridgehead atoms. The summed E-state index contributed by atoms with van der Waals surface area (Å²) in [6, 6.07) is 5.82. The van der Waals surface area contributed by atoms with Crippen molar-refractivity contribution in [1.29, 1.82) is 0 Å². The van der Waals surface area contributed by atoms with Gasteiger partial charge in [-0.1, -0.05) is 17.7 Å². The van der Waals surface area contributed by atoms with Gasteiger partial charge in [0.1, 0.15) is 12.4 Å². The summed E-state index contributed by atoms with van der Waals surface area (Å²) in [6.45, 7) is -2.18. The Bertz CT molecular complexity index is 1300. The van der Waals surface area contributed by atoms with E-state index < -0.39 is 18.2 Å². The van der Waals surface area contributed by atoms with Gasteiger partial charge in [-0.3, -0.25) is 4.99 Å². The molecule has 0 aliphatic carbocycles. The molecule has 1 saturated heterocycles. The van der Waals surface area contributed by atoms with Crippen LogP contribution >= 0.6 is 22.9 Å². The van der Waals surface area contributed by atoms with Crippen LogP contribution in [0.5, 0.6) is 0 Å². The maximum absolute atomic E-state index is 13.0. The van der Waals surface area contributed by atoms with E-state index in [-0.39, 0.29) is 19.0 Å². The molecular weight excluding hydrogens is 533 g/mol. The number of methoxy groups -OCH3 is 1. The van der Waals surface area contributed by atoms with Crippen LogP contribution in [0, 0.1) is 5.82 Å². The average molecular weight is 555 g/mol. The van der Waals surface area contributed by atoms with Gasteiger partial charge in [0.2, 0.25) is 0 Å². The Balaban J connectivity index is 0.000000342. The second kappa shape index (κ2) is 11.3. The van der Waals surface area contributed by atoms with Crippen LogP contribution < -0.4 is 5.73 Å². The summed E-state index contributed by atoms with van der Waals surface area (Å²) in [5.41, 5.74) is 7.74. The van der Waals surface area contributed by atoms with E-state index in [4.69, 9.17) is 22.1 Å². The molecule has 5 rings (SSSR count). The maximum atomic E-state index is 13.0. The molecule has 9 nitrogen and oxygen atoms in total. The lowest BCUT2D eigenvalue weighted by Gasteiger charge is -2.28. The van der Waals surface area contributed by atoms with Gasteiger partial charge in [0.05, 0.1) is 25.4 Å². The molecule has 2 N–H and O–H groups in total. The van der Waals surface area contributed by atoms with Crippen molar-refractivity contribution in [1.82, 2.24) is 19.7 Å². The molecule has 14 heteroatoms. The summed E-state index contributed by atoms with van der Waals surface area (Å²) in [4.78, 5) is 22.2. The number of nitrogens with two attached hydrogens (primary N) is 1. The fraction of sp³-hybridized carbons (Fsp3) is 0.304. The van der Waals surface area contributed by atoms with E-state index in [0.29, 0.717) is 34.1 Å². The minimum Gasteiger partial charge on any atom is -0.438 e. The third-order valence-electron chi connectivity index (χ3n) is 5.51. The van der Waals surface area contributed by atoms with Gasteiger partial charge in [0.25, 0.3) is 0 Å². The smallest absolute Gasteiger partial charge is 0.438 e. The van der Waals surface area contributed by atoms with Gasteiger partial charge in [-0.25, -0.2) is 18.9 Å². The molecule has 1 atom stereocenters. The number of alkyl halides is 2. The highest BCUT2D eigenvalue weighted by Gasteiger charge is 2.44. The van der Waals surface area contributed by atoms with E-state index in [9.17, 15) is 18.0 Å². The molecule has 0 radical (unpaired) electrons. The number of amidine groups is 1. The van der Waals surface area contributed by atoms with Gasteiger partial charge in [0, 0.05) is 52.6 Å². The Labute approximate surface area is 219 Å². The summed E-state index contributed by atoms with van der Waals surface area (Å²) in [7, 11) is 1.22. The molecule has 0 amide bonds. The summed E-state index contributed by atoms with van der Waals surface area (Å²) >= 11 is 6.84. The van der Waals surface area contributed by atoms with Gasteiger partial charge in [0.15, 0.2) is 10.8 Å². The van der Waals surface area contributed by atoms with E-state index in [1.807, 2.05) is 10.3 Å². The van der Waals surface area contributed by atoms with E-state index >= 15 is 0 Å². The molecule has 37 heavy (non-hydrogen) atoms. The molecule has 2 aliphatic heterocycles. The van der Waals surface area contributed by atoms with Crippen LogP contribution in [-0.2, 0) is 9.47 Å². The lowest BCUT2D eigenvalue weighted by atomic mass is 9.97. The number of hydrogen-bond acceptors (Lipinski definition) is 9. The topological polar surface area (TPSA) is 108 Å². The van der Waals surface area contributed by atoms with Crippen LogP contribution in [0.15, 0.2) is 58.9 Å². The van der Waals surface area contributed by atoms with Crippen LogP contribution in [0.1, 0.15) is 23.5 Å². The van der Waals surface area contributed by atoms with Gasteiger partial charge in [-0.05, 0) is 18.2 Å². The van der Waals surface area contributed by atoms with Crippen molar-refractivity contribution in [2.75, 3.05) is 26.8 Å². The van der Waals surface area contributed by atoms with Crippen LogP contribution in [0.2, 0.25) is 5.02 Å². The van der Waals surface area contributed by atoms with E-state index in [1.165, 1.54) is 43.0 Å². The monoisotopic (exact) mass is 554 g/mol. The number of carbonyl (C=O) groups excluding carboxylic acids is 1. The number of hydrogen-bond donors (Lipinski definition) is 1. The summed E-state index contributed by atoms with van der Waals surface area (Å²) in [5, 5.41) is 6.72. The summed E-state index contributed by atoms with van der Waals surface area (Å²) in [6.07, 6.45) is 3.90. The molecule has 0 saturated carbocycles. The molecule has 4 heterocycles. The number of fused-ring (bicyclic) bond motifs is 1. The first-order chi connectivity index (χ1) is 17.7. The predicted molar refractivity (Wildman–Crippen MR) is 132 cm³/mol. The minimum absolute atomic E-state index is 0.0611. The van der Waals surface area contributed by atoms with Gasteiger partial charge >= 0.3 is 12.7 Å². The SMILES string of the molecule is COC(=O)OCC1(N)CC2=C(c3cnn(C(F)F)c3)CN=C(c3nccs3)N2C1.Fc1cccc(Cl)c1. The Kier molecular flexibility index (Phi) is 8.15. The highest BCUT2D eigenvalue weighted by molar-refractivity contribution is 7.11. The number of halogens is 4. The summed E-state index contributed by atoms with van der Waals surface area (Å²) in [5.74, 6) is 0.364. The Morgan fingerprint density at radius 3 is 2.78 bits per heavy atom. The quantitative estimate of drug-likeness (QED) is 0.460. The van der Waals surface area contributed by atoms with E-state index in [1.54, 1.807) is 18.3 Å². The highest BCUT2D eigenvalue weighted by Crippen LogP contribution is 2.39. The fourth-order valence-electron chi connectivity index (χ4n) is 3.89. The largest absolute Gasteiger partial charge is 0.508 e. The van der Waals surface area contributed by atoms with Crippen molar-refractivity contribution in [2.24, 2.45) is 10.7 Å². The number of nitrogens with zero attached hydrogens (tertiary/aromatic N) is 5. The van der Waals surface area contributed by atoms with Crippen LogP contribution in [0.4, 0.5) is 18.0 Å². The molecule has 0 spiro atoms. The Hall–Kier alpha value is -3.42. The molecule has 1 fully saturated rings. The van der Waals surface area contributed by atoms with Crippen molar-refractivity contribution in [2.45, 2.75) is 18.5 Å². The van der Waals surface area contributed by atoms with Crippen LogP contribution in [0.25, 0.3) is 5.57 Å². The molecular formula is C23H22ClF3N6O3S. The fourth-order valence-corrected chi connectivity index (χ4v) is 4.72. The first-order valence-electron chi connectivity index (χ1n) is 10.9. The van der Waals surface area contributed by atoms with Crippen molar-refractivity contribution in [3.63, 3.8) is 0 Å². The number of rotatable bonds is 5. The second-order valence-electron chi connectivity index (χ2n) is 8.20. The summed E-state index contributed by atoms with van der Waals surface area (Å²) < 4.78 is 48.2. The van der Waals surface area contributed by atoms with E-state index in [0.717, 1.165) is 16.3 Å². The number of aromatic nitrogens is 3. The second-order valence-corrected chi connectivity index (χ2v) is 9.53. The van der Waals surface area contributed by atoms with Gasteiger partial charge in [-0.15, -0.1) is 11.3 Å². The molecule has 1 aromatic carbocycles. The zero-order chi connectivity index (χ0) is 26.6. The molecule has 196 valence electrons. The molecule has 2 aliphatic rings. The van der Waals surface area contributed by atoms with Gasteiger partial charge in [-0.2, -0.15) is 13.9 Å². The number of thiazole rings is 1. The maximum Gasteiger partial charge on any atom is 0.508 e. The van der Waals surface area contributed by atoms with Crippen molar-refractivity contribution < 1.29 is 27.4 Å². The third-order valence-corrected chi connectivity index (χ3v) is 6.52. The van der Waals surface area contributed by atoms with Crippen LogP contribution in [-0.4, -0.2) is 64.0 Å². The first-order valence-corrected chi connectivity index (χ1v) is 12.1. The highest BCUT2D eigenvalue weighted by atomic mass is 35.5. The lowest BCUT2D eigenvalue weighted by molar-refractivity contribution is 0.0556. The molecule has 1 unspecified atom stereocenters. The lowest BCUT2D eigenvalue weighted by Crippen LogP contribution is -2.48. The Morgan fingerprint density at radius 1 is 1.38 bits per heavy atom. The van der Waals surface area contributed by atoms with Crippen molar-refractivity contribution in [3.05, 3.63) is 75.3 Å². The minimum atomic E-state index is -2.73. The number of ether oxygens (including phenoxy) is 2. The molecule has 2 aromatic heterocycles. The predicted octanol–water partition coefficient (Wildman–Crippen LogP) is 4.57. The Morgan fingerprint density at radius 2 is 2.19 bits per heavy atom. The van der Waals surface area contributed by atoms with E-state index in [2.05, 4.69) is 19.8 Å². The number of aliphatic imine (C=N–C) groups is 1. The number of benzene rings is 1. The zero-order valence-corrected chi connectivity index (χ0v) is 21.1. The van der Waals surface area contributed by atoms with Crippen LogP contribution in [0.3, 0.4) is 0 Å². The standard InChI is InChI=1S/C17H18F2N6O3S.C6H4ClF/c1-27-16(26)28-9-17(20)4-12-11(10-5-23-25(7-10)15(18)19)6-22-13(24(12)8-17)14-21-2-3-29-14;7-5-2-1-3-6(8)4-5/h2-3,5,7,15H,4,6,8-9,20H2,1H3;1-4H. The first kappa shape index (κ1) is 26.6. The van der Waals surface area contributed by atoms with Gasteiger partial charge < -0.3 is 20.1 Å². The normalized spacial score (nSPS) is 18.8. The zero-order valence-electron chi connectivity index (χ0n) is 19.5. The molecule has 3 aromatic rings. The number of carbonyl (C=O) groups is 1. The van der Waals surface area contributed by atoms with Crippen molar-refractivity contribution >= 4 is 40.5 Å². The average Bonchev–Trinajstić information content (AvgIpc) is 3.62. The third kappa shape index (κ3) is 6.29.